The van der Waals surface area contributed by atoms with Crippen molar-refractivity contribution >= 4 is 11.0 Å². The summed E-state index contributed by atoms with van der Waals surface area (Å²) in [5, 5.41) is 0.721. The van der Waals surface area contributed by atoms with E-state index < -0.39 is 5.63 Å². The highest BCUT2D eigenvalue weighted by molar-refractivity contribution is 5.86. The summed E-state index contributed by atoms with van der Waals surface area (Å²) in [6, 6.07) is 5.55. The van der Waals surface area contributed by atoms with Gasteiger partial charge < -0.3 is 18.6 Å². The standard InChI is InChI=1S/C35H52O5/c1-6-8-10-12-13-14-15-17-24-38-33-31-22-21-30(37-26-23-29(5)20-18-19-28(3)4)27-32(31)40-35(36)34(33)39-25-16-11-9-7-2/h9,11,19,21-23,27H,6-8,10,12-18,20,24-26H2,1-5H3/b11-9?,29-23+. The molecule has 0 unspecified atom stereocenters. The Morgan fingerprint density at radius 2 is 1.52 bits per heavy atom. The minimum absolute atomic E-state index is 0.153. The average molecular weight is 553 g/mol. The van der Waals surface area contributed by atoms with E-state index >= 15 is 0 Å². The molecule has 0 bridgehead atoms. The molecule has 0 radical (unpaired) electrons. The molecule has 5 heteroatoms. The van der Waals surface area contributed by atoms with Crippen LogP contribution in [-0.2, 0) is 0 Å². The SMILES string of the molecule is CCC=CCCOc1c(OCCCCCCCCCC)c2ccc(OC/C=C(\C)CCC=C(C)C)cc2oc1=O. The molecule has 0 aliphatic heterocycles. The lowest BCUT2D eigenvalue weighted by atomic mass is 10.1. The van der Waals surface area contributed by atoms with Gasteiger partial charge in [-0.3, -0.25) is 0 Å². The fourth-order valence-corrected chi connectivity index (χ4v) is 4.39. The van der Waals surface area contributed by atoms with Gasteiger partial charge >= 0.3 is 5.63 Å². The summed E-state index contributed by atoms with van der Waals surface area (Å²) in [4.78, 5) is 13.0. The number of unbranched alkanes of at least 4 members (excludes halogenated alkanes) is 7. The van der Waals surface area contributed by atoms with Crippen LogP contribution in [0.15, 0.2) is 62.9 Å². The Labute approximate surface area is 242 Å². The van der Waals surface area contributed by atoms with Crippen LogP contribution in [0.2, 0.25) is 0 Å². The first kappa shape index (κ1) is 33.3. The van der Waals surface area contributed by atoms with Crippen molar-refractivity contribution < 1.29 is 18.6 Å². The van der Waals surface area contributed by atoms with Crippen LogP contribution in [0, 0.1) is 0 Å². The third-order valence-electron chi connectivity index (χ3n) is 6.74. The molecule has 1 aromatic heterocycles. The average Bonchev–Trinajstić information content (AvgIpc) is 2.92. The summed E-state index contributed by atoms with van der Waals surface area (Å²) in [6.07, 6.45) is 22.0. The minimum atomic E-state index is -0.523. The van der Waals surface area contributed by atoms with Gasteiger partial charge in [-0.25, -0.2) is 4.79 Å². The first-order chi connectivity index (χ1) is 19.5. The van der Waals surface area contributed by atoms with Crippen LogP contribution in [0.5, 0.6) is 17.2 Å². The van der Waals surface area contributed by atoms with Crippen LogP contribution < -0.4 is 19.8 Å². The quantitative estimate of drug-likeness (QED) is 0.0876. The Balaban J connectivity index is 2.09. The maximum atomic E-state index is 13.0. The van der Waals surface area contributed by atoms with Crippen molar-refractivity contribution in [2.75, 3.05) is 19.8 Å². The molecule has 222 valence electrons. The van der Waals surface area contributed by atoms with Crippen LogP contribution in [0.1, 0.15) is 112 Å². The van der Waals surface area contributed by atoms with E-state index in [9.17, 15) is 4.79 Å². The van der Waals surface area contributed by atoms with Gasteiger partial charge in [-0.2, -0.15) is 0 Å². The Morgan fingerprint density at radius 3 is 2.25 bits per heavy atom. The van der Waals surface area contributed by atoms with Crippen molar-refractivity contribution in [2.45, 2.75) is 112 Å². The molecule has 2 rings (SSSR count). The Kier molecular flexibility index (Phi) is 16.6. The highest BCUT2D eigenvalue weighted by atomic mass is 16.5. The van der Waals surface area contributed by atoms with Crippen LogP contribution in [0.4, 0.5) is 0 Å². The molecule has 2 aromatic rings. The zero-order valence-corrected chi connectivity index (χ0v) is 25.7. The van der Waals surface area contributed by atoms with Gasteiger partial charge in [0, 0.05) is 6.07 Å². The van der Waals surface area contributed by atoms with Gasteiger partial charge in [-0.05, 0) is 71.1 Å². The lowest BCUT2D eigenvalue weighted by molar-refractivity contribution is 0.258. The summed E-state index contributed by atoms with van der Waals surface area (Å²) >= 11 is 0. The van der Waals surface area contributed by atoms with E-state index in [0.717, 1.165) is 43.9 Å². The molecular weight excluding hydrogens is 500 g/mol. The molecule has 0 saturated carbocycles. The van der Waals surface area contributed by atoms with Gasteiger partial charge in [-0.15, -0.1) is 0 Å². The molecule has 0 fully saturated rings. The van der Waals surface area contributed by atoms with Crippen LogP contribution in [-0.4, -0.2) is 19.8 Å². The number of hydrogen-bond acceptors (Lipinski definition) is 5. The predicted molar refractivity (Wildman–Crippen MR) is 168 cm³/mol. The zero-order valence-electron chi connectivity index (χ0n) is 25.7. The smallest absolute Gasteiger partial charge is 0.383 e. The molecule has 0 N–H and O–H groups in total. The summed E-state index contributed by atoms with van der Waals surface area (Å²) in [5.41, 5.74) is 2.54. The van der Waals surface area contributed by atoms with E-state index in [2.05, 4.69) is 58.9 Å². The second-order valence-corrected chi connectivity index (χ2v) is 10.7. The number of fused-ring (bicyclic) bond motifs is 1. The summed E-state index contributed by atoms with van der Waals surface area (Å²) in [6.45, 7) is 12.1. The van der Waals surface area contributed by atoms with Crippen LogP contribution in [0.25, 0.3) is 11.0 Å². The Hall–Kier alpha value is -2.95. The molecule has 0 saturated heterocycles. The van der Waals surface area contributed by atoms with Crippen molar-refractivity contribution in [1.82, 2.24) is 0 Å². The first-order valence-electron chi connectivity index (χ1n) is 15.4. The number of hydrogen-bond donors (Lipinski definition) is 0. The Morgan fingerprint density at radius 1 is 0.800 bits per heavy atom. The van der Waals surface area contributed by atoms with Gasteiger partial charge in [0.1, 0.15) is 17.9 Å². The van der Waals surface area contributed by atoms with Crippen LogP contribution in [0.3, 0.4) is 0 Å². The molecule has 40 heavy (non-hydrogen) atoms. The van der Waals surface area contributed by atoms with E-state index in [4.69, 9.17) is 18.6 Å². The summed E-state index contributed by atoms with van der Waals surface area (Å²) in [5.74, 6) is 1.27. The van der Waals surface area contributed by atoms with E-state index in [1.165, 1.54) is 49.7 Å². The van der Waals surface area contributed by atoms with Crippen LogP contribution >= 0.6 is 0 Å². The van der Waals surface area contributed by atoms with E-state index in [1.54, 1.807) is 6.07 Å². The monoisotopic (exact) mass is 552 g/mol. The largest absolute Gasteiger partial charge is 0.489 e. The third-order valence-corrected chi connectivity index (χ3v) is 6.74. The fourth-order valence-electron chi connectivity index (χ4n) is 4.39. The number of benzene rings is 1. The molecule has 1 heterocycles. The summed E-state index contributed by atoms with van der Waals surface area (Å²) in [7, 11) is 0. The van der Waals surface area contributed by atoms with Crippen molar-refractivity contribution in [1.29, 1.82) is 0 Å². The van der Waals surface area contributed by atoms with Gasteiger partial charge in [-0.1, -0.05) is 88.2 Å². The zero-order chi connectivity index (χ0) is 29.0. The number of ether oxygens (including phenoxy) is 3. The third kappa shape index (κ3) is 12.9. The second-order valence-electron chi connectivity index (χ2n) is 10.7. The fraction of sp³-hybridized carbons (Fsp3) is 0.571. The Bertz CT molecular complexity index is 1130. The molecule has 0 aliphatic rings. The molecule has 0 aliphatic carbocycles. The van der Waals surface area contributed by atoms with Crippen molar-refractivity contribution in [3.63, 3.8) is 0 Å². The molecule has 0 amide bonds. The number of allylic oxidation sites excluding steroid dienone is 4. The lowest BCUT2D eigenvalue weighted by Gasteiger charge is -2.14. The molecule has 0 atom stereocenters. The molecule has 1 aromatic carbocycles. The van der Waals surface area contributed by atoms with E-state index in [-0.39, 0.29) is 5.75 Å². The van der Waals surface area contributed by atoms with Gasteiger partial charge in [0.2, 0.25) is 5.75 Å². The maximum absolute atomic E-state index is 13.0. The van der Waals surface area contributed by atoms with E-state index in [0.29, 0.717) is 36.9 Å². The van der Waals surface area contributed by atoms with Gasteiger partial charge in [0.05, 0.1) is 18.6 Å². The van der Waals surface area contributed by atoms with Crippen molar-refractivity contribution in [3.8, 4) is 17.2 Å². The predicted octanol–water partition coefficient (Wildman–Crippen LogP) is 10.1. The number of rotatable bonds is 21. The highest BCUT2D eigenvalue weighted by Crippen LogP contribution is 2.35. The maximum Gasteiger partial charge on any atom is 0.383 e. The van der Waals surface area contributed by atoms with Gasteiger partial charge in [0.25, 0.3) is 0 Å². The highest BCUT2D eigenvalue weighted by Gasteiger charge is 2.18. The summed E-state index contributed by atoms with van der Waals surface area (Å²) < 4.78 is 23.7. The minimum Gasteiger partial charge on any atom is -0.489 e. The van der Waals surface area contributed by atoms with Crippen molar-refractivity contribution in [3.05, 3.63) is 64.1 Å². The normalized spacial score (nSPS) is 11.8. The second kappa shape index (κ2) is 20.0. The van der Waals surface area contributed by atoms with E-state index in [1.807, 2.05) is 12.1 Å². The van der Waals surface area contributed by atoms with Crippen molar-refractivity contribution in [2.24, 2.45) is 0 Å². The molecule has 0 spiro atoms. The van der Waals surface area contributed by atoms with Gasteiger partial charge in [0.15, 0.2) is 5.75 Å². The molecule has 5 nitrogen and oxygen atoms in total. The topological polar surface area (TPSA) is 57.9 Å². The lowest BCUT2D eigenvalue weighted by Crippen LogP contribution is -2.11. The molecular formula is C35H52O5. The first-order valence-corrected chi connectivity index (χ1v) is 15.4.